The molecule has 0 bridgehead atoms. The molecule has 0 saturated heterocycles. The molecule has 33 heavy (non-hydrogen) atoms. The molecule has 0 heterocycles. The van der Waals surface area contributed by atoms with Crippen LogP contribution in [0.1, 0.15) is 12.8 Å². The van der Waals surface area contributed by atoms with Gasteiger partial charge in [0.15, 0.2) is 11.4 Å². The third-order valence-electron chi connectivity index (χ3n) is 3.26. The second-order valence-corrected chi connectivity index (χ2v) is 10.4. The van der Waals surface area contributed by atoms with Crippen LogP contribution in [0.15, 0.2) is 0 Å². The van der Waals surface area contributed by atoms with Gasteiger partial charge in [-0.3, -0.25) is 13.6 Å². The van der Waals surface area contributed by atoms with Gasteiger partial charge in [-0.1, -0.05) is 0 Å². The number of hydrogen-bond donors (Lipinski definition) is 4. The van der Waals surface area contributed by atoms with Crippen LogP contribution in [0.3, 0.4) is 0 Å². The second kappa shape index (κ2) is 15.2. The van der Waals surface area contributed by atoms with Gasteiger partial charge in [-0.15, -0.1) is 6.42 Å². The van der Waals surface area contributed by atoms with Crippen molar-refractivity contribution in [2.45, 2.75) is 18.2 Å². The molecule has 0 spiro atoms. The minimum atomic E-state index is -4.92. The third-order valence-corrected chi connectivity index (χ3v) is 7.14. The van der Waals surface area contributed by atoms with Gasteiger partial charge in [0, 0.05) is 41.4 Å². The molecule has 0 aromatic rings. The Morgan fingerprint density at radius 3 is 1.33 bits per heavy atom. The Bertz CT molecular complexity index is 1360. The highest BCUT2D eigenvalue weighted by atomic mass is 31.2. The van der Waals surface area contributed by atoms with E-state index < -0.39 is 20.6 Å². The van der Waals surface area contributed by atoms with Gasteiger partial charge < -0.3 is 19.6 Å². The van der Waals surface area contributed by atoms with Crippen LogP contribution in [0.2, 0.25) is 0 Å². The van der Waals surface area contributed by atoms with Crippen molar-refractivity contribution in [2.24, 2.45) is 0 Å². The number of hydrogen-bond acceptors (Lipinski definition) is 2. The van der Waals surface area contributed by atoms with E-state index in [4.69, 9.17) is 26.0 Å². The standard InChI is InChI=1S/C24H17NO6P2/c1-4-5-6-7-8-9-10-11-12-13-14-15-16-17-18-19-22-25(2,3)23-20-21-24(32(26,27)28)33(29,30)31/h1,24H,20-21,23H2,2-3H3,(H3-,26,27,28,29,30,31)/p+1. The molecular weight excluding hydrogens is 460 g/mol. The number of terminal acetylenes is 1. The lowest BCUT2D eigenvalue weighted by Gasteiger charge is -2.23. The fraction of sp³-hybridized carbons (Fsp3) is 0.250. The van der Waals surface area contributed by atoms with E-state index in [1.807, 2.05) is 0 Å². The van der Waals surface area contributed by atoms with E-state index in [-0.39, 0.29) is 17.3 Å². The zero-order valence-electron chi connectivity index (χ0n) is 17.7. The number of quaternary nitrogens is 1. The SMILES string of the molecule is C#CC#CC#CC#CC#CC#CC#CC#CC#C[N+](C)(C)CCCC(P(=O)(O)O)P(=O)(O)O. The maximum atomic E-state index is 11.3. The molecule has 0 saturated carbocycles. The first-order valence-electron chi connectivity index (χ1n) is 8.81. The largest absolute Gasteiger partial charge is 0.340 e. The van der Waals surface area contributed by atoms with Gasteiger partial charge in [-0.2, -0.15) is 0 Å². The van der Waals surface area contributed by atoms with Crippen LogP contribution in [0.4, 0.5) is 0 Å². The van der Waals surface area contributed by atoms with Crippen LogP contribution in [-0.2, 0) is 9.13 Å². The van der Waals surface area contributed by atoms with Crippen molar-refractivity contribution in [3.05, 3.63) is 0 Å². The molecule has 9 heteroatoms. The third kappa shape index (κ3) is 16.6. The van der Waals surface area contributed by atoms with Crippen LogP contribution >= 0.6 is 15.2 Å². The Balaban J connectivity index is 4.74. The normalized spacial score (nSPS) is 9.03. The molecule has 0 aromatic heterocycles. The highest BCUT2D eigenvalue weighted by Crippen LogP contribution is 2.61. The highest BCUT2D eigenvalue weighted by Gasteiger charge is 2.42. The fourth-order valence-electron chi connectivity index (χ4n) is 1.88. The lowest BCUT2D eigenvalue weighted by Crippen LogP contribution is -2.35. The Morgan fingerprint density at radius 2 is 1.00 bits per heavy atom. The second-order valence-electron chi connectivity index (χ2n) is 6.34. The molecule has 7 nitrogen and oxygen atoms in total. The van der Waals surface area contributed by atoms with Crippen molar-refractivity contribution >= 4 is 15.2 Å². The lowest BCUT2D eigenvalue weighted by atomic mass is 10.3. The lowest BCUT2D eigenvalue weighted by molar-refractivity contribution is -0.822. The Morgan fingerprint density at radius 1 is 0.667 bits per heavy atom. The zero-order valence-corrected chi connectivity index (χ0v) is 19.5. The molecular formula is C24H18NO6P2+. The first-order chi connectivity index (χ1) is 15.4. The van der Waals surface area contributed by atoms with E-state index in [2.05, 4.69) is 101 Å². The van der Waals surface area contributed by atoms with Crippen molar-refractivity contribution in [3.8, 4) is 107 Å². The first kappa shape index (κ1) is 29.3. The topological polar surface area (TPSA) is 115 Å². The minimum absolute atomic E-state index is 0.106. The van der Waals surface area contributed by atoms with Crippen molar-refractivity contribution in [1.82, 2.24) is 0 Å². The Kier molecular flexibility index (Phi) is 13.5. The molecule has 0 fully saturated rings. The average molecular weight is 478 g/mol. The van der Waals surface area contributed by atoms with E-state index >= 15 is 0 Å². The van der Waals surface area contributed by atoms with Gasteiger partial charge in [0.2, 0.25) is 0 Å². The zero-order chi connectivity index (χ0) is 25.2. The molecule has 0 atom stereocenters. The maximum Gasteiger partial charge on any atom is 0.340 e. The molecule has 0 unspecified atom stereocenters. The van der Waals surface area contributed by atoms with E-state index in [1.165, 1.54) is 0 Å². The van der Waals surface area contributed by atoms with E-state index in [1.54, 1.807) is 14.1 Å². The summed E-state index contributed by atoms with van der Waals surface area (Å²) in [5.41, 5.74) is 0. The van der Waals surface area contributed by atoms with Crippen LogP contribution in [-0.4, -0.2) is 50.1 Å². The molecule has 0 radical (unpaired) electrons. The number of rotatable bonds is 6. The van der Waals surface area contributed by atoms with E-state index in [0.717, 1.165) is 0 Å². The van der Waals surface area contributed by atoms with Crippen LogP contribution in [0, 0.1) is 107 Å². The fourth-order valence-corrected chi connectivity index (χ4v) is 4.48. The van der Waals surface area contributed by atoms with Crippen LogP contribution in [0.25, 0.3) is 0 Å². The van der Waals surface area contributed by atoms with Gasteiger partial charge in [0.1, 0.15) is 0 Å². The highest BCUT2D eigenvalue weighted by molar-refractivity contribution is 7.70. The monoisotopic (exact) mass is 478 g/mol. The van der Waals surface area contributed by atoms with Crippen LogP contribution in [0.5, 0.6) is 0 Å². The summed E-state index contributed by atoms with van der Waals surface area (Å²) in [5.74, 6) is 38.9. The summed E-state index contributed by atoms with van der Waals surface area (Å²) in [6.45, 7) is 0.299. The van der Waals surface area contributed by atoms with Crippen molar-refractivity contribution in [2.75, 3.05) is 20.6 Å². The Labute approximate surface area is 194 Å². The van der Waals surface area contributed by atoms with Crippen molar-refractivity contribution in [1.29, 1.82) is 0 Å². The van der Waals surface area contributed by atoms with Gasteiger partial charge in [0.05, 0.1) is 26.6 Å². The van der Waals surface area contributed by atoms with Gasteiger partial charge in [-0.25, -0.2) is 0 Å². The van der Waals surface area contributed by atoms with Crippen LogP contribution < -0.4 is 0 Å². The molecule has 4 N–H and O–H groups in total. The van der Waals surface area contributed by atoms with Gasteiger partial charge in [0.25, 0.3) is 0 Å². The van der Waals surface area contributed by atoms with Gasteiger partial charge in [-0.05, 0) is 60.2 Å². The predicted molar refractivity (Wildman–Crippen MR) is 125 cm³/mol. The summed E-state index contributed by atoms with van der Waals surface area (Å²) in [5, 5.41) is -2.02. The molecule has 0 aliphatic heterocycles. The summed E-state index contributed by atoms with van der Waals surface area (Å²) >= 11 is 0. The van der Waals surface area contributed by atoms with Crippen molar-refractivity contribution < 1.29 is 33.2 Å². The summed E-state index contributed by atoms with van der Waals surface area (Å²) in [7, 11) is -6.41. The number of nitrogens with zero attached hydrogens (tertiary/aromatic N) is 1. The quantitative estimate of drug-likeness (QED) is 0.246. The van der Waals surface area contributed by atoms with Gasteiger partial charge >= 0.3 is 15.2 Å². The minimum Gasteiger partial charge on any atom is -0.324 e. The molecule has 0 amide bonds. The smallest absolute Gasteiger partial charge is 0.324 e. The van der Waals surface area contributed by atoms with E-state index in [9.17, 15) is 9.13 Å². The summed E-state index contributed by atoms with van der Waals surface area (Å²) in [4.78, 5) is 36.5. The summed E-state index contributed by atoms with van der Waals surface area (Å²) in [6, 6.07) is 2.81. The maximum absolute atomic E-state index is 11.3. The summed E-state index contributed by atoms with van der Waals surface area (Å²) in [6.07, 6.45) is 4.72. The molecule has 0 aliphatic carbocycles. The van der Waals surface area contributed by atoms with E-state index in [0.29, 0.717) is 6.54 Å². The average Bonchev–Trinajstić information content (AvgIpc) is 2.69. The molecule has 164 valence electrons. The molecule has 0 rings (SSSR count). The first-order valence-corrected chi connectivity index (χ1v) is 12.2. The van der Waals surface area contributed by atoms with Crippen molar-refractivity contribution in [3.63, 3.8) is 0 Å². The summed E-state index contributed by atoms with van der Waals surface area (Å²) < 4.78 is 22.7. The predicted octanol–water partition coefficient (Wildman–Crippen LogP) is 0.142. The molecule has 0 aliphatic rings. The Hall–Kier alpha value is -3.70. The molecule has 0 aromatic carbocycles.